The van der Waals surface area contributed by atoms with Gasteiger partial charge in [0.15, 0.2) is 23.0 Å². The second-order valence-corrected chi connectivity index (χ2v) is 14.1. The van der Waals surface area contributed by atoms with Crippen LogP contribution in [0, 0.1) is 0 Å². The van der Waals surface area contributed by atoms with Crippen LogP contribution in [0.5, 0.6) is 34.5 Å². The Labute approximate surface area is 320 Å². The van der Waals surface area contributed by atoms with Crippen LogP contribution in [0.3, 0.4) is 0 Å². The smallest absolute Gasteiger partial charge is 0.256 e. The van der Waals surface area contributed by atoms with Crippen molar-refractivity contribution in [2.45, 2.75) is 43.2 Å². The molecule has 0 bridgehead atoms. The van der Waals surface area contributed by atoms with Crippen molar-refractivity contribution in [2.75, 3.05) is 54.7 Å². The third-order valence-electron chi connectivity index (χ3n) is 11.0. The summed E-state index contributed by atoms with van der Waals surface area (Å²) in [6, 6.07) is 22.8. The molecule has 2 fully saturated rings. The van der Waals surface area contributed by atoms with Crippen LogP contribution in [0.15, 0.2) is 82.8 Å². The molecule has 0 aliphatic carbocycles. The number of methoxy groups -OCH3 is 4. The predicted molar refractivity (Wildman–Crippen MR) is 208 cm³/mol. The van der Waals surface area contributed by atoms with E-state index >= 15 is 0 Å². The Hall–Kier alpha value is -6.04. The Morgan fingerprint density at radius 3 is 1.36 bits per heavy atom. The summed E-state index contributed by atoms with van der Waals surface area (Å²) in [4.78, 5) is 40.8. The molecule has 4 aromatic carbocycles. The Morgan fingerprint density at radius 2 is 0.982 bits per heavy atom. The number of fused-ring (bicyclic) bond motifs is 4. The number of hydrogen-bond acceptors (Lipinski definition) is 10. The Balaban J connectivity index is 0.889. The van der Waals surface area contributed by atoms with Gasteiger partial charge in [0.25, 0.3) is 11.8 Å². The van der Waals surface area contributed by atoms with E-state index in [-0.39, 0.29) is 35.7 Å². The zero-order chi connectivity index (χ0) is 38.1. The second-order valence-electron chi connectivity index (χ2n) is 14.1. The van der Waals surface area contributed by atoms with E-state index < -0.39 is 0 Å². The number of nitrogens with zero attached hydrogens (tertiary/aromatic N) is 4. The van der Waals surface area contributed by atoms with E-state index in [4.69, 9.17) is 38.4 Å². The Kier molecular flexibility index (Phi) is 10.0. The maximum atomic E-state index is 13.8. The van der Waals surface area contributed by atoms with Crippen LogP contribution in [0.4, 0.5) is 11.4 Å². The molecule has 2 amide bonds. The molecule has 8 rings (SSSR count). The lowest BCUT2D eigenvalue weighted by Crippen LogP contribution is -2.35. The molecule has 284 valence electrons. The molecule has 12 heteroatoms. The summed E-state index contributed by atoms with van der Waals surface area (Å²) in [5.74, 6) is 3.77. The monoisotopic (exact) mass is 744 g/mol. The fourth-order valence-corrected chi connectivity index (χ4v) is 7.98. The number of carbonyl (C=O) groups is 2. The van der Waals surface area contributed by atoms with Gasteiger partial charge >= 0.3 is 0 Å². The average molecular weight is 745 g/mol. The van der Waals surface area contributed by atoms with Gasteiger partial charge in [0.1, 0.15) is 11.5 Å². The first kappa shape index (κ1) is 36.0. The second kappa shape index (κ2) is 15.4. The molecule has 0 N–H and O–H groups in total. The number of aliphatic imine (C=N–C) groups is 2. The largest absolute Gasteiger partial charge is 0.497 e. The number of rotatable bonds is 12. The first-order valence-electron chi connectivity index (χ1n) is 18.5. The molecule has 4 aromatic rings. The van der Waals surface area contributed by atoms with Gasteiger partial charge in [-0.05, 0) is 60.4 Å². The highest BCUT2D eigenvalue weighted by molar-refractivity contribution is 6.04. The molecule has 4 heterocycles. The van der Waals surface area contributed by atoms with Crippen molar-refractivity contribution < 1.29 is 38.0 Å². The number of ether oxygens (including phenoxy) is 6. The van der Waals surface area contributed by atoms with Gasteiger partial charge in [-0.15, -0.1) is 0 Å². The molecule has 0 spiro atoms. The molecule has 4 aliphatic rings. The molecule has 0 aromatic heterocycles. The fourth-order valence-electron chi connectivity index (χ4n) is 7.98. The minimum absolute atomic E-state index is 0.0781. The van der Waals surface area contributed by atoms with E-state index in [1.807, 2.05) is 46.5 Å². The van der Waals surface area contributed by atoms with Crippen LogP contribution >= 0.6 is 0 Å². The van der Waals surface area contributed by atoms with Crippen LogP contribution in [0.25, 0.3) is 0 Å². The first-order chi connectivity index (χ1) is 26.9. The van der Waals surface area contributed by atoms with E-state index in [0.717, 1.165) is 24.3 Å². The van der Waals surface area contributed by atoms with Crippen molar-refractivity contribution in [1.29, 1.82) is 0 Å². The molecule has 2 unspecified atom stereocenters. The van der Waals surface area contributed by atoms with Crippen LogP contribution in [0.1, 0.15) is 62.9 Å². The maximum absolute atomic E-state index is 13.8. The number of amides is 2. The summed E-state index contributed by atoms with van der Waals surface area (Å²) in [6.45, 7) is 1.84. The predicted octanol–water partition coefficient (Wildman–Crippen LogP) is 7.00. The van der Waals surface area contributed by atoms with Gasteiger partial charge in [-0.2, -0.15) is 0 Å². The van der Waals surface area contributed by atoms with Gasteiger partial charge in [-0.1, -0.05) is 24.3 Å². The molecule has 0 saturated carbocycles. The molecule has 0 radical (unpaired) electrons. The van der Waals surface area contributed by atoms with Crippen molar-refractivity contribution in [2.24, 2.45) is 9.98 Å². The fraction of sp³-hybridized carbons (Fsp3) is 0.349. The SMILES string of the molecule is COc1ccc(C2C[C@H]3C=Nc4cc(OCCCOc5cc6c(cc5OC)C(=O)N5CC(c7ccc(OC)cc7)C[C@H]5C=N6)c(OC)cc4C(=O)N3C2)cc1. The maximum Gasteiger partial charge on any atom is 0.256 e. The van der Waals surface area contributed by atoms with Gasteiger partial charge in [0.2, 0.25) is 0 Å². The molecular weight excluding hydrogens is 700 g/mol. The van der Waals surface area contributed by atoms with Crippen molar-refractivity contribution in [1.82, 2.24) is 9.80 Å². The van der Waals surface area contributed by atoms with Gasteiger partial charge in [0, 0.05) is 55.9 Å². The van der Waals surface area contributed by atoms with Gasteiger partial charge in [-0.3, -0.25) is 19.6 Å². The summed E-state index contributed by atoms with van der Waals surface area (Å²) >= 11 is 0. The molecule has 4 aliphatic heterocycles. The molecule has 12 nitrogen and oxygen atoms in total. The third kappa shape index (κ3) is 7.04. The van der Waals surface area contributed by atoms with Crippen LogP contribution < -0.4 is 28.4 Å². The highest BCUT2D eigenvalue weighted by Crippen LogP contribution is 2.42. The Bertz CT molecular complexity index is 1980. The highest BCUT2D eigenvalue weighted by atomic mass is 16.5. The van der Waals surface area contributed by atoms with Gasteiger partial charge in [-0.25, -0.2) is 0 Å². The minimum Gasteiger partial charge on any atom is -0.497 e. The van der Waals surface area contributed by atoms with E-state index in [9.17, 15) is 9.59 Å². The van der Waals surface area contributed by atoms with Crippen molar-refractivity contribution in [3.8, 4) is 34.5 Å². The Morgan fingerprint density at radius 1 is 0.564 bits per heavy atom. The van der Waals surface area contributed by atoms with Crippen LogP contribution in [0.2, 0.25) is 0 Å². The summed E-state index contributed by atoms with van der Waals surface area (Å²) in [5.41, 5.74) is 4.41. The van der Waals surface area contributed by atoms with Crippen LogP contribution in [-0.4, -0.2) is 101 Å². The topological polar surface area (TPSA) is 121 Å². The van der Waals surface area contributed by atoms with Gasteiger partial charge in [0.05, 0.1) is 76.2 Å². The van der Waals surface area contributed by atoms with E-state index in [0.29, 0.717) is 78.2 Å². The third-order valence-corrected chi connectivity index (χ3v) is 11.0. The summed E-state index contributed by atoms with van der Waals surface area (Å²) < 4.78 is 34.2. The lowest BCUT2D eigenvalue weighted by atomic mass is 9.96. The molecular formula is C43H44N4O8. The van der Waals surface area contributed by atoms with Crippen molar-refractivity contribution in [3.05, 3.63) is 95.1 Å². The normalized spacial score (nSPS) is 20.9. The van der Waals surface area contributed by atoms with Gasteiger partial charge < -0.3 is 38.2 Å². The van der Waals surface area contributed by atoms with E-state index in [2.05, 4.69) is 24.3 Å². The standard InChI is InChI=1S/C43H44N4O8/c1-50-32-10-6-26(7-11-32)28-16-30-22-44-36-20-40(38(52-3)18-34(36)42(48)46(30)24-28)54-14-5-15-55-41-21-37-35(19-39(41)53-4)43(49)47-25-29(17-31(47)23-45-37)27-8-12-33(51-2)13-9-27/h6-13,18-23,28-31H,5,14-17,24-25H2,1-4H3/t28?,29?,30-,31-/m0/s1. The van der Waals surface area contributed by atoms with E-state index in [1.54, 1.807) is 52.7 Å². The zero-order valence-corrected chi connectivity index (χ0v) is 31.4. The summed E-state index contributed by atoms with van der Waals surface area (Å²) in [7, 11) is 6.42. The lowest BCUT2D eigenvalue weighted by Gasteiger charge is -2.21. The summed E-state index contributed by atoms with van der Waals surface area (Å²) in [6.07, 6.45) is 5.85. The molecule has 55 heavy (non-hydrogen) atoms. The highest BCUT2D eigenvalue weighted by Gasteiger charge is 2.39. The lowest BCUT2D eigenvalue weighted by molar-refractivity contribution is 0.0765. The molecule has 2 saturated heterocycles. The number of benzene rings is 4. The summed E-state index contributed by atoms with van der Waals surface area (Å²) in [5, 5.41) is 0. The van der Waals surface area contributed by atoms with E-state index in [1.165, 1.54) is 11.1 Å². The quantitative estimate of drug-likeness (QED) is 0.142. The average Bonchev–Trinajstić information content (AvgIpc) is 3.80. The number of hydrogen-bond donors (Lipinski definition) is 0. The van der Waals surface area contributed by atoms with Crippen LogP contribution in [-0.2, 0) is 0 Å². The first-order valence-corrected chi connectivity index (χ1v) is 18.5. The van der Waals surface area contributed by atoms with Crippen molar-refractivity contribution in [3.63, 3.8) is 0 Å². The molecule has 4 atom stereocenters. The van der Waals surface area contributed by atoms with Crippen molar-refractivity contribution >= 4 is 35.6 Å². The zero-order valence-electron chi connectivity index (χ0n) is 31.4. The number of carbonyl (C=O) groups excluding carboxylic acids is 2. The minimum atomic E-state index is -0.108.